The summed E-state index contributed by atoms with van der Waals surface area (Å²) in [5.74, 6) is 0.222. The zero-order chi connectivity index (χ0) is 15.4. The molecular formula is C15H29N3O2. The highest BCUT2D eigenvalue weighted by Gasteiger charge is 2.34. The van der Waals surface area contributed by atoms with E-state index in [4.69, 9.17) is 5.73 Å². The van der Waals surface area contributed by atoms with Gasteiger partial charge in [0.05, 0.1) is 6.04 Å². The van der Waals surface area contributed by atoms with Crippen LogP contribution in [0, 0.1) is 5.92 Å². The Morgan fingerprint density at radius 2 is 1.90 bits per heavy atom. The fourth-order valence-electron chi connectivity index (χ4n) is 2.72. The highest BCUT2D eigenvalue weighted by molar-refractivity contribution is 5.82. The maximum Gasteiger partial charge on any atom is 0.240 e. The Balaban J connectivity index is 2.74. The van der Waals surface area contributed by atoms with E-state index < -0.39 is 6.04 Å². The molecule has 0 saturated carbocycles. The summed E-state index contributed by atoms with van der Waals surface area (Å²) in [5, 5.41) is 0. The van der Waals surface area contributed by atoms with E-state index in [-0.39, 0.29) is 29.8 Å². The van der Waals surface area contributed by atoms with Crippen molar-refractivity contribution in [2.45, 2.75) is 65.6 Å². The quantitative estimate of drug-likeness (QED) is 0.825. The zero-order valence-corrected chi connectivity index (χ0v) is 13.4. The molecule has 0 aromatic rings. The summed E-state index contributed by atoms with van der Waals surface area (Å²) in [6, 6.07) is -0.178. The molecule has 0 aromatic heterocycles. The average molecular weight is 283 g/mol. The molecule has 0 aromatic carbocycles. The first-order valence-corrected chi connectivity index (χ1v) is 7.59. The molecule has 1 rings (SSSR count). The van der Waals surface area contributed by atoms with Crippen molar-refractivity contribution in [2.24, 2.45) is 11.7 Å². The van der Waals surface area contributed by atoms with Crippen molar-refractivity contribution in [2.75, 3.05) is 13.1 Å². The summed E-state index contributed by atoms with van der Waals surface area (Å²) in [5.41, 5.74) is 5.98. The third-order valence-electron chi connectivity index (χ3n) is 4.10. The van der Waals surface area contributed by atoms with Crippen molar-refractivity contribution in [3.05, 3.63) is 0 Å². The molecule has 1 fully saturated rings. The van der Waals surface area contributed by atoms with Crippen LogP contribution in [0.15, 0.2) is 0 Å². The summed E-state index contributed by atoms with van der Waals surface area (Å²) < 4.78 is 0. The normalized spacial score (nSPS) is 20.6. The van der Waals surface area contributed by atoms with Crippen molar-refractivity contribution < 1.29 is 9.59 Å². The van der Waals surface area contributed by atoms with Crippen LogP contribution in [0.1, 0.15) is 47.5 Å². The Labute approximate surface area is 122 Å². The second kappa shape index (κ2) is 7.07. The lowest BCUT2D eigenvalue weighted by Gasteiger charge is -2.34. The molecule has 0 spiro atoms. The molecule has 1 aliphatic heterocycles. The van der Waals surface area contributed by atoms with Crippen molar-refractivity contribution >= 4 is 11.8 Å². The Kier molecular flexibility index (Phi) is 5.99. The zero-order valence-electron chi connectivity index (χ0n) is 13.4. The number of likely N-dealkylation sites (tertiary alicyclic amines) is 1. The number of rotatable bonds is 5. The Bertz CT molecular complexity index is 355. The molecule has 0 unspecified atom stereocenters. The van der Waals surface area contributed by atoms with Gasteiger partial charge in [-0.05, 0) is 32.6 Å². The lowest BCUT2D eigenvalue weighted by molar-refractivity contribution is -0.138. The fraction of sp³-hybridized carbons (Fsp3) is 0.867. The van der Waals surface area contributed by atoms with E-state index >= 15 is 0 Å². The van der Waals surface area contributed by atoms with Crippen molar-refractivity contribution in [3.63, 3.8) is 0 Å². The third-order valence-corrected chi connectivity index (χ3v) is 4.10. The Morgan fingerprint density at radius 1 is 1.30 bits per heavy atom. The fourth-order valence-corrected chi connectivity index (χ4v) is 2.72. The largest absolute Gasteiger partial charge is 0.338 e. The molecule has 5 nitrogen and oxygen atoms in total. The smallest absolute Gasteiger partial charge is 0.240 e. The molecule has 20 heavy (non-hydrogen) atoms. The second-order valence-electron chi connectivity index (χ2n) is 6.36. The molecule has 0 aliphatic carbocycles. The molecule has 116 valence electrons. The first-order chi connectivity index (χ1) is 9.25. The molecule has 2 N–H and O–H groups in total. The van der Waals surface area contributed by atoms with Crippen molar-refractivity contribution in [1.29, 1.82) is 0 Å². The van der Waals surface area contributed by atoms with Gasteiger partial charge in [-0.2, -0.15) is 0 Å². The molecule has 5 heteroatoms. The summed E-state index contributed by atoms with van der Waals surface area (Å²) in [6.07, 6.45) is 1.94. The molecule has 1 aliphatic rings. The molecule has 1 saturated heterocycles. The molecule has 1 heterocycles. The van der Waals surface area contributed by atoms with E-state index in [2.05, 4.69) is 0 Å². The topological polar surface area (TPSA) is 66.6 Å². The lowest BCUT2D eigenvalue weighted by Crippen LogP contribution is -2.52. The van der Waals surface area contributed by atoms with Gasteiger partial charge >= 0.3 is 0 Å². The van der Waals surface area contributed by atoms with Gasteiger partial charge in [-0.1, -0.05) is 13.8 Å². The summed E-state index contributed by atoms with van der Waals surface area (Å²) in [6.45, 7) is 10.9. The van der Waals surface area contributed by atoms with Gasteiger partial charge in [-0.25, -0.2) is 0 Å². The summed E-state index contributed by atoms with van der Waals surface area (Å²) in [7, 11) is 0. The Morgan fingerprint density at radius 3 is 2.35 bits per heavy atom. The molecule has 0 radical (unpaired) electrons. The molecular weight excluding hydrogens is 254 g/mol. The van der Waals surface area contributed by atoms with Gasteiger partial charge in [-0.3, -0.25) is 9.59 Å². The molecule has 0 bridgehead atoms. The minimum absolute atomic E-state index is 0.0229. The van der Waals surface area contributed by atoms with Crippen LogP contribution < -0.4 is 5.73 Å². The van der Waals surface area contributed by atoms with Gasteiger partial charge in [0.25, 0.3) is 0 Å². The number of hydrogen-bond acceptors (Lipinski definition) is 3. The van der Waals surface area contributed by atoms with E-state index in [1.807, 2.05) is 37.5 Å². The van der Waals surface area contributed by atoms with Gasteiger partial charge in [0.15, 0.2) is 0 Å². The summed E-state index contributed by atoms with van der Waals surface area (Å²) >= 11 is 0. The number of carbonyl (C=O) groups is 2. The monoisotopic (exact) mass is 283 g/mol. The summed E-state index contributed by atoms with van der Waals surface area (Å²) in [4.78, 5) is 27.8. The van der Waals surface area contributed by atoms with E-state index in [1.165, 1.54) is 0 Å². The minimum atomic E-state index is -0.444. The molecule has 2 amide bonds. The maximum atomic E-state index is 12.4. The number of hydrogen-bond donors (Lipinski definition) is 1. The molecule has 2 atom stereocenters. The van der Waals surface area contributed by atoms with Gasteiger partial charge in [-0.15, -0.1) is 0 Å². The highest BCUT2D eigenvalue weighted by atomic mass is 16.2. The van der Waals surface area contributed by atoms with Gasteiger partial charge in [0, 0.05) is 32.1 Å². The average Bonchev–Trinajstić information content (AvgIpc) is 2.81. The first kappa shape index (κ1) is 17.0. The van der Waals surface area contributed by atoms with Crippen LogP contribution in [0.25, 0.3) is 0 Å². The predicted octanol–water partition coefficient (Wildman–Crippen LogP) is 1.22. The van der Waals surface area contributed by atoms with Crippen LogP contribution >= 0.6 is 0 Å². The number of amides is 2. The number of nitrogens with zero attached hydrogens (tertiary/aromatic N) is 2. The number of carbonyl (C=O) groups excluding carboxylic acids is 2. The maximum absolute atomic E-state index is 12.4. The van der Waals surface area contributed by atoms with E-state index in [0.29, 0.717) is 6.54 Å². The van der Waals surface area contributed by atoms with E-state index in [9.17, 15) is 9.59 Å². The van der Waals surface area contributed by atoms with Crippen LogP contribution in [-0.2, 0) is 9.59 Å². The first-order valence-electron chi connectivity index (χ1n) is 7.59. The van der Waals surface area contributed by atoms with Crippen LogP contribution in [0.3, 0.4) is 0 Å². The lowest BCUT2D eigenvalue weighted by atomic mass is 10.0. The second-order valence-corrected chi connectivity index (χ2v) is 6.36. The minimum Gasteiger partial charge on any atom is -0.338 e. The van der Waals surface area contributed by atoms with Crippen molar-refractivity contribution in [1.82, 2.24) is 9.80 Å². The van der Waals surface area contributed by atoms with Crippen molar-refractivity contribution in [3.8, 4) is 0 Å². The Hall–Kier alpha value is -1.10. The van der Waals surface area contributed by atoms with E-state index in [1.54, 1.807) is 6.92 Å². The third kappa shape index (κ3) is 3.95. The van der Waals surface area contributed by atoms with Gasteiger partial charge < -0.3 is 15.5 Å². The SMILES string of the molecule is CC(=O)N(C[C@@H]1CCCN1C(=O)[C@@H](N)C(C)C)C(C)C. The van der Waals surface area contributed by atoms with Gasteiger partial charge in [0.2, 0.25) is 11.8 Å². The van der Waals surface area contributed by atoms with Gasteiger partial charge in [0.1, 0.15) is 0 Å². The van der Waals surface area contributed by atoms with Crippen LogP contribution in [0.2, 0.25) is 0 Å². The van der Waals surface area contributed by atoms with Crippen LogP contribution in [0.5, 0.6) is 0 Å². The standard InChI is InChI=1S/C15H29N3O2/c1-10(2)14(16)15(20)17-8-6-7-13(17)9-18(11(3)4)12(5)19/h10-11,13-14H,6-9,16H2,1-5H3/t13-,14-/m0/s1. The van der Waals surface area contributed by atoms with Crippen LogP contribution in [-0.4, -0.2) is 52.8 Å². The van der Waals surface area contributed by atoms with E-state index in [0.717, 1.165) is 19.4 Å². The van der Waals surface area contributed by atoms with Crippen LogP contribution in [0.4, 0.5) is 0 Å². The number of nitrogens with two attached hydrogens (primary N) is 1. The predicted molar refractivity (Wildman–Crippen MR) is 80.1 cm³/mol. The highest BCUT2D eigenvalue weighted by Crippen LogP contribution is 2.21.